The fraction of sp³-hybridized carbons (Fsp3) is 0. The van der Waals surface area contributed by atoms with Crippen LogP contribution in [0.15, 0.2) is 53.5 Å². The summed E-state index contributed by atoms with van der Waals surface area (Å²) in [6.07, 6.45) is 1.55. The number of hydrogen-bond donors (Lipinski definition) is 1. The minimum Gasteiger partial charge on any atom is -0.507 e. The van der Waals surface area contributed by atoms with Gasteiger partial charge in [-0.05, 0) is 23.6 Å². The van der Waals surface area contributed by atoms with Gasteiger partial charge < -0.3 is 5.11 Å². The van der Waals surface area contributed by atoms with Crippen LogP contribution >= 0.6 is 34.8 Å². The first-order chi connectivity index (χ1) is 10.6. The van der Waals surface area contributed by atoms with Crippen LogP contribution in [-0.2, 0) is 0 Å². The van der Waals surface area contributed by atoms with Crippen LogP contribution in [0.25, 0.3) is 10.8 Å². The number of benzene rings is 3. The molecule has 0 bridgehead atoms. The first-order valence-corrected chi connectivity index (χ1v) is 7.59. The number of halogens is 3. The standard InChI is InChI=1S/C17H10Cl3NO/c18-13-7-15(20)16(8-14(13)19)21-9-11-6-5-10-3-1-2-4-12(10)17(11)22/h1-9,22H. The highest BCUT2D eigenvalue weighted by Crippen LogP contribution is 2.34. The molecule has 0 aliphatic heterocycles. The van der Waals surface area contributed by atoms with Gasteiger partial charge in [-0.15, -0.1) is 0 Å². The molecule has 0 unspecified atom stereocenters. The second-order valence-corrected chi connectivity index (χ2v) is 5.92. The van der Waals surface area contributed by atoms with Gasteiger partial charge in [0.25, 0.3) is 0 Å². The number of aliphatic imine (C=N–C) groups is 1. The van der Waals surface area contributed by atoms with E-state index in [1.165, 1.54) is 0 Å². The summed E-state index contributed by atoms with van der Waals surface area (Å²) in [7, 11) is 0. The van der Waals surface area contributed by atoms with Gasteiger partial charge in [-0.2, -0.15) is 0 Å². The summed E-state index contributed by atoms with van der Waals surface area (Å²) in [5.74, 6) is 0.179. The molecule has 0 fully saturated rings. The summed E-state index contributed by atoms with van der Waals surface area (Å²) in [6.45, 7) is 0. The minimum atomic E-state index is 0.179. The van der Waals surface area contributed by atoms with Crippen molar-refractivity contribution in [3.8, 4) is 5.75 Å². The summed E-state index contributed by atoms with van der Waals surface area (Å²) in [4.78, 5) is 4.29. The molecule has 22 heavy (non-hydrogen) atoms. The van der Waals surface area contributed by atoms with Gasteiger partial charge in [0, 0.05) is 17.2 Å². The molecule has 0 radical (unpaired) electrons. The Morgan fingerprint density at radius 1 is 0.864 bits per heavy atom. The number of hydrogen-bond acceptors (Lipinski definition) is 2. The first-order valence-electron chi connectivity index (χ1n) is 6.45. The lowest BCUT2D eigenvalue weighted by molar-refractivity contribution is 0.481. The normalized spacial score (nSPS) is 11.4. The second kappa shape index (κ2) is 6.17. The second-order valence-electron chi connectivity index (χ2n) is 4.70. The van der Waals surface area contributed by atoms with E-state index in [1.54, 1.807) is 24.4 Å². The summed E-state index contributed by atoms with van der Waals surface area (Å²) in [5.41, 5.74) is 1.09. The molecule has 110 valence electrons. The molecular formula is C17H10Cl3NO. The van der Waals surface area contributed by atoms with Crippen molar-refractivity contribution >= 4 is 57.5 Å². The van der Waals surface area contributed by atoms with Crippen LogP contribution < -0.4 is 0 Å². The SMILES string of the molecule is Oc1c(C=Nc2cc(Cl)c(Cl)cc2Cl)ccc2ccccc12. The smallest absolute Gasteiger partial charge is 0.132 e. The predicted molar refractivity (Wildman–Crippen MR) is 94.3 cm³/mol. The highest BCUT2D eigenvalue weighted by Gasteiger charge is 2.06. The molecule has 0 atom stereocenters. The zero-order valence-electron chi connectivity index (χ0n) is 11.2. The average Bonchev–Trinajstić information content (AvgIpc) is 2.51. The van der Waals surface area contributed by atoms with Crippen molar-refractivity contribution in [3.05, 3.63) is 69.2 Å². The van der Waals surface area contributed by atoms with Gasteiger partial charge in [0.2, 0.25) is 0 Å². The molecule has 0 spiro atoms. The van der Waals surface area contributed by atoms with E-state index in [4.69, 9.17) is 34.8 Å². The molecule has 0 saturated carbocycles. The quantitative estimate of drug-likeness (QED) is 0.429. The van der Waals surface area contributed by atoms with Crippen LogP contribution in [0.5, 0.6) is 5.75 Å². The zero-order chi connectivity index (χ0) is 15.7. The number of phenolic OH excluding ortho intramolecular Hbond substituents is 1. The third-order valence-electron chi connectivity index (χ3n) is 3.26. The van der Waals surface area contributed by atoms with E-state index in [0.29, 0.717) is 26.3 Å². The fourth-order valence-corrected chi connectivity index (χ4v) is 2.72. The predicted octanol–water partition coefficient (Wildman–Crippen LogP) is 6.26. The molecule has 1 N–H and O–H groups in total. The van der Waals surface area contributed by atoms with Crippen molar-refractivity contribution in [3.63, 3.8) is 0 Å². The maximum Gasteiger partial charge on any atom is 0.132 e. The molecule has 2 nitrogen and oxygen atoms in total. The third-order valence-corrected chi connectivity index (χ3v) is 4.29. The van der Waals surface area contributed by atoms with E-state index in [-0.39, 0.29) is 5.75 Å². The lowest BCUT2D eigenvalue weighted by Crippen LogP contribution is -1.84. The number of fused-ring (bicyclic) bond motifs is 1. The van der Waals surface area contributed by atoms with Crippen LogP contribution in [0.3, 0.4) is 0 Å². The van der Waals surface area contributed by atoms with Gasteiger partial charge in [-0.1, -0.05) is 65.1 Å². The number of nitrogens with zero attached hydrogens (tertiary/aromatic N) is 1. The van der Waals surface area contributed by atoms with Crippen molar-refractivity contribution in [2.75, 3.05) is 0 Å². The molecule has 3 rings (SSSR count). The summed E-state index contributed by atoms with van der Waals surface area (Å²) in [5, 5.41) is 13.2. The lowest BCUT2D eigenvalue weighted by Gasteiger charge is -2.05. The zero-order valence-corrected chi connectivity index (χ0v) is 13.5. The summed E-state index contributed by atoms with van der Waals surface area (Å²) < 4.78 is 0. The molecule has 0 heterocycles. The summed E-state index contributed by atoms with van der Waals surface area (Å²) >= 11 is 17.9. The van der Waals surface area contributed by atoms with E-state index in [2.05, 4.69) is 4.99 Å². The van der Waals surface area contributed by atoms with Crippen LogP contribution in [0.4, 0.5) is 5.69 Å². The molecule has 3 aromatic rings. The third kappa shape index (κ3) is 2.91. The largest absolute Gasteiger partial charge is 0.507 e. The van der Waals surface area contributed by atoms with E-state index in [1.807, 2.05) is 30.3 Å². The number of aromatic hydroxyl groups is 1. The lowest BCUT2D eigenvalue weighted by atomic mass is 10.1. The Labute approximate surface area is 142 Å². The van der Waals surface area contributed by atoms with Crippen molar-refractivity contribution in [2.24, 2.45) is 4.99 Å². The van der Waals surface area contributed by atoms with Crippen molar-refractivity contribution in [1.82, 2.24) is 0 Å². The van der Waals surface area contributed by atoms with Crippen LogP contribution in [0, 0.1) is 0 Å². The van der Waals surface area contributed by atoms with E-state index >= 15 is 0 Å². The highest BCUT2D eigenvalue weighted by atomic mass is 35.5. The molecule has 0 aliphatic rings. The van der Waals surface area contributed by atoms with Crippen molar-refractivity contribution in [1.29, 1.82) is 0 Å². The molecule has 0 aliphatic carbocycles. The number of phenols is 1. The van der Waals surface area contributed by atoms with Gasteiger partial charge in [-0.3, -0.25) is 4.99 Å². The van der Waals surface area contributed by atoms with Gasteiger partial charge in [0.15, 0.2) is 0 Å². The Kier molecular flexibility index (Phi) is 4.25. The Hall–Kier alpha value is -1.74. The van der Waals surface area contributed by atoms with Gasteiger partial charge in [-0.25, -0.2) is 0 Å². The number of rotatable bonds is 2. The van der Waals surface area contributed by atoms with Crippen LogP contribution in [-0.4, -0.2) is 11.3 Å². The highest BCUT2D eigenvalue weighted by molar-refractivity contribution is 6.44. The van der Waals surface area contributed by atoms with Crippen molar-refractivity contribution < 1.29 is 5.11 Å². The van der Waals surface area contributed by atoms with E-state index < -0.39 is 0 Å². The molecule has 0 saturated heterocycles. The Morgan fingerprint density at radius 2 is 1.59 bits per heavy atom. The molecule has 0 amide bonds. The van der Waals surface area contributed by atoms with E-state index in [0.717, 1.165) is 10.8 Å². The van der Waals surface area contributed by atoms with E-state index in [9.17, 15) is 5.11 Å². The van der Waals surface area contributed by atoms with Gasteiger partial charge in [0.05, 0.1) is 20.8 Å². The molecule has 0 aromatic heterocycles. The Balaban J connectivity index is 2.03. The topological polar surface area (TPSA) is 32.6 Å². The minimum absolute atomic E-state index is 0.179. The fourth-order valence-electron chi connectivity index (χ4n) is 2.13. The molecular weight excluding hydrogens is 341 g/mol. The maximum atomic E-state index is 10.3. The first kappa shape index (κ1) is 15.2. The van der Waals surface area contributed by atoms with Crippen molar-refractivity contribution in [2.45, 2.75) is 0 Å². The Morgan fingerprint density at radius 3 is 2.41 bits per heavy atom. The average molecular weight is 351 g/mol. The maximum absolute atomic E-state index is 10.3. The Bertz CT molecular complexity index is 890. The van der Waals surface area contributed by atoms with Gasteiger partial charge in [0.1, 0.15) is 5.75 Å². The monoisotopic (exact) mass is 349 g/mol. The van der Waals surface area contributed by atoms with Crippen LogP contribution in [0.1, 0.15) is 5.56 Å². The molecule has 3 aromatic carbocycles. The van der Waals surface area contributed by atoms with Crippen LogP contribution in [0.2, 0.25) is 15.1 Å². The van der Waals surface area contributed by atoms with Gasteiger partial charge >= 0.3 is 0 Å². The molecule has 5 heteroatoms. The summed E-state index contributed by atoms with van der Waals surface area (Å²) in [6, 6.07) is 14.4.